The van der Waals surface area contributed by atoms with Crippen LogP contribution in [0.4, 0.5) is 0 Å². The zero-order chi connectivity index (χ0) is 20.4. The summed E-state index contributed by atoms with van der Waals surface area (Å²) in [7, 11) is 1.71. The van der Waals surface area contributed by atoms with Crippen LogP contribution in [0.1, 0.15) is 50.8 Å². The summed E-state index contributed by atoms with van der Waals surface area (Å²) in [5.41, 5.74) is 1.23. The highest BCUT2D eigenvalue weighted by molar-refractivity contribution is 5.92. The largest absolute Gasteiger partial charge is 0.496 e. The maximum atomic E-state index is 13.7. The van der Waals surface area contributed by atoms with E-state index in [4.69, 9.17) is 4.74 Å². The first-order chi connectivity index (χ1) is 14.1. The first-order valence-electron chi connectivity index (χ1n) is 10.6. The van der Waals surface area contributed by atoms with E-state index in [9.17, 15) is 4.79 Å². The molecule has 152 valence electrons. The van der Waals surface area contributed by atoms with Crippen molar-refractivity contribution in [1.29, 1.82) is 0 Å². The van der Waals surface area contributed by atoms with E-state index in [-0.39, 0.29) is 18.0 Å². The maximum Gasteiger partial charge on any atom is 0.246 e. The highest BCUT2D eigenvalue weighted by Gasteiger charge is 2.35. The fourth-order valence-corrected chi connectivity index (χ4v) is 4.66. The average Bonchev–Trinajstić information content (AvgIpc) is 3.42. The molecule has 2 aromatic carbocycles. The number of methoxy groups -OCH3 is 1. The molecule has 3 aromatic rings. The summed E-state index contributed by atoms with van der Waals surface area (Å²) in [6, 6.07) is 16.5. The van der Waals surface area contributed by atoms with E-state index >= 15 is 0 Å². The standard InChI is InChI=1S/C25H30N2O2/c1-18(2)17-23(26-14-6-7-15-26)25(28)27-16-8-11-22(27)20-12-13-24(29-3)21-10-5-4-9-19(20)21/h4-7,9-10,12-15,18,22-23H,8,11,16-17H2,1-3H3/t22?,23-/m1/s1. The molecule has 0 N–H and O–H groups in total. The zero-order valence-corrected chi connectivity index (χ0v) is 17.5. The van der Waals surface area contributed by atoms with Crippen LogP contribution < -0.4 is 4.74 Å². The van der Waals surface area contributed by atoms with Crippen molar-refractivity contribution in [2.24, 2.45) is 5.92 Å². The predicted octanol–water partition coefficient (Wildman–Crippen LogP) is 5.60. The van der Waals surface area contributed by atoms with Gasteiger partial charge in [0, 0.05) is 24.3 Å². The number of ether oxygens (including phenoxy) is 1. The first-order valence-corrected chi connectivity index (χ1v) is 10.6. The first kappa shape index (κ1) is 19.6. The lowest BCUT2D eigenvalue weighted by molar-refractivity contribution is -0.136. The van der Waals surface area contributed by atoms with E-state index in [0.717, 1.165) is 36.9 Å². The molecule has 1 amide bonds. The smallest absolute Gasteiger partial charge is 0.246 e. The summed E-state index contributed by atoms with van der Waals surface area (Å²) in [6.07, 6.45) is 6.91. The maximum absolute atomic E-state index is 13.7. The van der Waals surface area contributed by atoms with Crippen LogP contribution in [0.3, 0.4) is 0 Å². The lowest BCUT2D eigenvalue weighted by atomic mass is 9.95. The molecule has 4 rings (SSSR count). The molecule has 0 radical (unpaired) electrons. The number of carbonyl (C=O) groups is 1. The van der Waals surface area contributed by atoms with Gasteiger partial charge in [0.05, 0.1) is 13.2 Å². The Hall–Kier alpha value is -2.75. The highest BCUT2D eigenvalue weighted by atomic mass is 16.5. The zero-order valence-electron chi connectivity index (χ0n) is 17.5. The van der Waals surface area contributed by atoms with Gasteiger partial charge in [-0.3, -0.25) is 4.79 Å². The van der Waals surface area contributed by atoms with Gasteiger partial charge in [0.1, 0.15) is 11.8 Å². The van der Waals surface area contributed by atoms with Crippen molar-refractivity contribution in [2.45, 2.75) is 45.2 Å². The minimum atomic E-state index is -0.143. The number of likely N-dealkylation sites (tertiary alicyclic amines) is 1. The number of hydrogen-bond acceptors (Lipinski definition) is 2. The second kappa shape index (κ2) is 8.32. The van der Waals surface area contributed by atoms with E-state index in [1.165, 1.54) is 10.9 Å². The molecular formula is C25H30N2O2. The van der Waals surface area contributed by atoms with E-state index in [0.29, 0.717) is 5.92 Å². The minimum Gasteiger partial charge on any atom is -0.496 e. The Labute approximate surface area is 173 Å². The number of aromatic nitrogens is 1. The van der Waals surface area contributed by atoms with Crippen molar-refractivity contribution in [1.82, 2.24) is 9.47 Å². The van der Waals surface area contributed by atoms with Crippen LogP contribution in [-0.4, -0.2) is 29.0 Å². The molecule has 4 heteroatoms. The van der Waals surface area contributed by atoms with Crippen molar-refractivity contribution in [3.8, 4) is 5.75 Å². The van der Waals surface area contributed by atoms with Gasteiger partial charge in [0.25, 0.3) is 0 Å². The summed E-state index contributed by atoms with van der Waals surface area (Å²) in [6.45, 7) is 5.18. The monoisotopic (exact) mass is 390 g/mol. The van der Waals surface area contributed by atoms with Crippen molar-refractivity contribution in [3.05, 3.63) is 66.5 Å². The number of fused-ring (bicyclic) bond motifs is 1. The van der Waals surface area contributed by atoms with Gasteiger partial charge < -0.3 is 14.2 Å². The Morgan fingerprint density at radius 3 is 2.48 bits per heavy atom. The van der Waals surface area contributed by atoms with Crippen LogP contribution in [0.15, 0.2) is 60.9 Å². The number of amides is 1. The quantitative estimate of drug-likeness (QED) is 0.549. The molecular weight excluding hydrogens is 360 g/mol. The van der Waals surface area contributed by atoms with Gasteiger partial charge in [-0.25, -0.2) is 0 Å². The lowest BCUT2D eigenvalue weighted by Gasteiger charge is -2.31. The second-order valence-corrected chi connectivity index (χ2v) is 8.37. The van der Waals surface area contributed by atoms with Crippen molar-refractivity contribution >= 4 is 16.7 Å². The molecule has 1 aromatic heterocycles. The van der Waals surface area contributed by atoms with Crippen LogP contribution in [0.25, 0.3) is 10.8 Å². The third-order valence-corrected chi connectivity index (χ3v) is 6.00. The molecule has 29 heavy (non-hydrogen) atoms. The molecule has 0 bridgehead atoms. The van der Waals surface area contributed by atoms with Crippen molar-refractivity contribution in [3.63, 3.8) is 0 Å². The fourth-order valence-electron chi connectivity index (χ4n) is 4.66. The van der Waals surface area contributed by atoms with Crippen LogP contribution >= 0.6 is 0 Å². The minimum absolute atomic E-state index is 0.114. The van der Waals surface area contributed by atoms with Gasteiger partial charge in [0.2, 0.25) is 5.91 Å². The van der Waals surface area contributed by atoms with E-state index in [1.54, 1.807) is 7.11 Å². The van der Waals surface area contributed by atoms with Gasteiger partial charge in [-0.05, 0) is 54.3 Å². The van der Waals surface area contributed by atoms with Crippen molar-refractivity contribution < 1.29 is 9.53 Å². The normalized spacial score (nSPS) is 17.8. The summed E-state index contributed by atoms with van der Waals surface area (Å²) < 4.78 is 7.64. The fraction of sp³-hybridized carbons (Fsp3) is 0.400. The van der Waals surface area contributed by atoms with Gasteiger partial charge in [-0.2, -0.15) is 0 Å². The Morgan fingerprint density at radius 1 is 1.07 bits per heavy atom. The molecule has 1 saturated heterocycles. The number of hydrogen-bond donors (Lipinski definition) is 0. The van der Waals surface area contributed by atoms with Gasteiger partial charge in [0.15, 0.2) is 0 Å². The number of benzene rings is 2. The van der Waals surface area contributed by atoms with E-state index in [2.05, 4.69) is 47.6 Å². The number of carbonyl (C=O) groups excluding carboxylic acids is 1. The molecule has 1 aliphatic rings. The van der Waals surface area contributed by atoms with Gasteiger partial charge in [-0.15, -0.1) is 0 Å². The predicted molar refractivity (Wildman–Crippen MR) is 117 cm³/mol. The summed E-state index contributed by atoms with van der Waals surface area (Å²) >= 11 is 0. The molecule has 0 spiro atoms. The Bertz CT molecular complexity index is 978. The number of nitrogens with zero attached hydrogens (tertiary/aromatic N) is 2. The van der Waals surface area contributed by atoms with Crippen LogP contribution in [0.2, 0.25) is 0 Å². The van der Waals surface area contributed by atoms with Gasteiger partial charge >= 0.3 is 0 Å². The van der Waals surface area contributed by atoms with Gasteiger partial charge in [-0.1, -0.05) is 44.2 Å². The summed E-state index contributed by atoms with van der Waals surface area (Å²) in [4.78, 5) is 15.8. The molecule has 1 aliphatic heterocycles. The van der Waals surface area contributed by atoms with Crippen molar-refractivity contribution in [2.75, 3.05) is 13.7 Å². The third-order valence-electron chi connectivity index (χ3n) is 6.00. The second-order valence-electron chi connectivity index (χ2n) is 8.37. The molecule has 4 nitrogen and oxygen atoms in total. The summed E-state index contributed by atoms with van der Waals surface area (Å²) in [5.74, 6) is 1.57. The van der Waals surface area contributed by atoms with Crippen LogP contribution in [0.5, 0.6) is 5.75 Å². The Morgan fingerprint density at radius 2 is 1.79 bits per heavy atom. The highest BCUT2D eigenvalue weighted by Crippen LogP contribution is 2.40. The third kappa shape index (κ3) is 3.76. The molecule has 1 fully saturated rings. The SMILES string of the molecule is COc1ccc(C2CCCN2C(=O)[C@@H](CC(C)C)n2cccc2)c2ccccc12. The average molecular weight is 391 g/mol. The lowest BCUT2D eigenvalue weighted by Crippen LogP contribution is -2.37. The molecule has 0 aliphatic carbocycles. The molecule has 1 unspecified atom stereocenters. The molecule has 0 saturated carbocycles. The molecule has 2 heterocycles. The Balaban J connectivity index is 1.71. The topological polar surface area (TPSA) is 34.5 Å². The molecule has 2 atom stereocenters. The van der Waals surface area contributed by atoms with E-state index in [1.807, 2.05) is 36.7 Å². The van der Waals surface area contributed by atoms with E-state index < -0.39 is 0 Å². The van der Waals surface area contributed by atoms with Crippen LogP contribution in [0, 0.1) is 5.92 Å². The Kier molecular flexibility index (Phi) is 5.61. The summed E-state index contributed by atoms with van der Waals surface area (Å²) in [5, 5.41) is 2.29. The number of rotatable bonds is 6. The van der Waals surface area contributed by atoms with Crippen LogP contribution in [-0.2, 0) is 4.79 Å².